The molecule has 0 aromatic carbocycles. The zero-order valence-corrected chi connectivity index (χ0v) is 44.0. The number of allylic oxidation sites excluding steroid dienone is 12. The first kappa shape index (κ1) is 64.7. The van der Waals surface area contributed by atoms with Crippen LogP contribution in [0, 0.1) is 0 Å². The lowest BCUT2D eigenvalue weighted by Gasteiger charge is -2.38. The Morgan fingerprint density at radius 1 is 0.457 bits per heavy atom. The summed E-state index contributed by atoms with van der Waals surface area (Å²) in [4.78, 5) is 37.1. The molecule has 0 spiro atoms. The third kappa shape index (κ3) is 38.3. The van der Waals surface area contributed by atoms with Crippen molar-refractivity contribution in [3.8, 4) is 0 Å². The minimum absolute atomic E-state index is 0.176. The van der Waals surface area contributed by atoms with Crippen molar-refractivity contribution in [1.82, 2.24) is 0 Å². The first-order chi connectivity index (χ1) is 34.2. The van der Waals surface area contributed by atoms with Crippen LogP contribution in [0.25, 0.3) is 0 Å². The predicted molar refractivity (Wildman–Crippen MR) is 284 cm³/mol. The normalized spacial score (nSPS) is 19.2. The Morgan fingerprint density at radius 2 is 0.843 bits per heavy atom. The van der Waals surface area contributed by atoms with E-state index in [1.54, 1.807) is 0 Å². The maximum atomic E-state index is 12.9. The molecule has 1 saturated heterocycles. The molecule has 0 aromatic heterocycles. The first-order valence-corrected chi connectivity index (χ1v) is 28.0. The van der Waals surface area contributed by atoms with Gasteiger partial charge in [-0.25, -0.2) is 4.79 Å². The molecule has 0 bridgehead atoms. The van der Waals surface area contributed by atoms with Crippen molar-refractivity contribution in [3.63, 3.8) is 0 Å². The van der Waals surface area contributed by atoms with Crippen molar-refractivity contribution in [2.24, 2.45) is 0 Å². The molecule has 0 saturated carbocycles. The SMILES string of the molecule is CC/C=C\C/C=C\C/C=C\C/C=C\CCCCCCCCCCC(=O)OCC(COC1OC(C(=O)O)C(O)C(O)C1O)OC(=O)CCCCCCCCCCCCC/C=C\C/C=C\CCCCCCC. The highest BCUT2D eigenvalue weighted by Crippen LogP contribution is 2.23. The fourth-order valence-corrected chi connectivity index (χ4v) is 8.20. The maximum absolute atomic E-state index is 12.9. The Bertz CT molecular complexity index is 1430. The van der Waals surface area contributed by atoms with E-state index in [9.17, 15) is 34.8 Å². The van der Waals surface area contributed by atoms with E-state index in [1.807, 2.05) is 0 Å². The average molecular weight is 985 g/mol. The van der Waals surface area contributed by atoms with Gasteiger partial charge in [0.15, 0.2) is 18.5 Å². The molecule has 6 atom stereocenters. The van der Waals surface area contributed by atoms with Crippen LogP contribution in [-0.4, -0.2) is 88.4 Å². The smallest absolute Gasteiger partial charge is 0.335 e. The van der Waals surface area contributed by atoms with Crippen molar-refractivity contribution in [2.45, 2.75) is 269 Å². The Labute approximate surface area is 425 Å². The quantitative estimate of drug-likeness (QED) is 0.0260. The number of aliphatic carboxylic acids is 1. The highest BCUT2D eigenvalue weighted by Gasteiger charge is 2.47. The number of aliphatic hydroxyl groups is 3. The molecule has 11 heteroatoms. The summed E-state index contributed by atoms with van der Waals surface area (Å²) in [6.45, 7) is 3.71. The maximum Gasteiger partial charge on any atom is 0.335 e. The molecule has 1 rings (SSSR count). The number of carbonyl (C=O) groups excluding carboxylic acids is 2. The minimum atomic E-state index is -1.87. The molecule has 4 N–H and O–H groups in total. The molecule has 0 aliphatic carbocycles. The average Bonchev–Trinajstić information content (AvgIpc) is 3.35. The van der Waals surface area contributed by atoms with Gasteiger partial charge in [0.1, 0.15) is 24.9 Å². The van der Waals surface area contributed by atoms with Crippen LogP contribution in [0.4, 0.5) is 0 Å². The largest absolute Gasteiger partial charge is 0.479 e. The number of ether oxygens (including phenoxy) is 4. The zero-order valence-electron chi connectivity index (χ0n) is 44.0. The number of hydrogen-bond acceptors (Lipinski definition) is 10. The van der Waals surface area contributed by atoms with Crippen LogP contribution >= 0.6 is 0 Å². The van der Waals surface area contributed by atoms with Crippen molar-refractivity contribution >= 4 is 17.9 Å². The molecule has 1 fully saturated rings. The molecule has 1 aliphatic heterocycles. The van der Waals surface area contributed by atoms with E-state index < -0.39 is 61.3 Å². The van der Waals surface area contributed by atoms with Gasteiger partial charge in [0.2, 0.25) is 0 Å². The predicted octanol–water partition coefficient (Wildman–Crippen LogP) is 14.0. The van der Waals surface area contributed by atoms with E-state index >= 15 is 0 Å². The fraction of sp³-hybridized carbons (Fsp3) is 0.746. The lowest BCUT2D eigenvalue weighted by molar-refractivity contribution is -0.298. The molecule has 6 unspecified atom stereocenters. The van der Waals surface area contributed by atoms with Crippen LogP contribution in [0.5, 0.6) is 0 Å². The van der Waals surface area contributed by atoms with E-state index in [4.69, 9.17) is 18.9 Å². The molecule has 0 aromatic rings. The molecule has 402 valence electrons. The van der Waals surface area contributed by atoms with Crippen LogP contribution in [0.1, 0.15) is 232 Å². The van der Waals surface area contributed by atoms with E-state index in [-0.39, 0.29) is 19.4 Å². The van der Waals surface area contributed by atoms with E-state index in [2.05, 4.69) is 86.8 Å². The summed E-state index contributed by atoms with van der Waals surface area (Å²) in [7, 11) is 0. The second-order valence-electron chi connectivity index (χ2n) is 19.0. The Kier molecular flexibility index (Phi) is 44.3. The van der Waals surface area contributed by atoms with Crippen molar-refractivity contribution in [2.75, 3.05) is 13.2 Å². The standard InChI is InChI=1S/C59H100O11/c1-3-5-7-9-11-13-15-17-19-21-23-25-26-28-30-32-34-36-38-40-42-44-46-48-53(61)69-51(50-68-59-56(64)54(62)55(63)57(70-59)58(65)66)49-67-52(60)47-45-43-41-39-37-35-33-31-29-27-24-22-20-18-16-14-12-10-8-6-4-2/h6,8,12,14-15,17-18,20-21,23-24,27,51,54-57,59,62-64H,3-5,7,9-11,13,16,19,22,25-26,28-50H2,1-2H3,(H,65,66)/b8-6-,14-12-,17-15-,20-18-,23-21-,27-24-. The summed E-state index contributed by atoms with van der Waals surface area (Å²) in [5.74, 6) is -2.45. The second-order valence-corrected chi connectivity index (χ2v) is 19.0. The number of aliphatic hydroxyl groups excluding tert-OH is 3. The first-order valence-electron chi connectivity index (χ1n) is 28.0. The number of rotatable bonds is 47. The number of hydrogen-bond donors (Lipinski definition) is 4. The van der Waals surface area contributed by atoms with Crippen molar-refractivity contribution in [1.29, 1.82) is 0 Å². The summed E-state index contributed by atoms with van der Waals surface area (Å²) < 4.78 is 21.9. The van der Waals surface area contributed by atoms with Gasteiger partial charge >= 0.3 is 17.9 Å². The number of unbranched alkanes of at least 4 members (excludes halogenated alkanes) is 24. The highest BCUT2D eigenvalue weighted by atomic mass is 16.7. The van der Waals surface area contributed by atoms with E-state index in [0.717, 1.165) is 77.0 Å². The van der Waals surface area contributed by atoms with Crippen molar-refractivity contribution < 1.29 is 53.8 Å². The fourth-order valence-electron chi connectivity index (χ4n) is 8.20. The van der Waals surface area contributed by atoms with Gasteiger partial charge < -0.3 is 39.4 Å². The lowest BCUT2D eigenvalue weighted by Crippen LogP contribution is -2.60. The number of carboxylic acids is 1. The van der Waals surface area contributed by atoms with Crippen LogP contribution in [0.2, 0.25) is 0 Å². The van der Waals surface area contributed by atoms with Gasteiger partial charge in [-0.1, -0.05) is 209 Å². The topological polar surface area (TPSA) is 169 Å². The summed E-state index contributed by atoms with van der Waals surface area (Å²) in [5, 5.41) is 40.0. The van der Waals surface area contributed by atoms with Crippen LogP contribution in [-0.2, 0) is 33.3 Å². The summed E-state index contributed by atoms with van der Waals surface area (Å²) in [5.41, 5.74) is 0. The minimum Gasteiger partial charge on any atom is -0.479 e. The lowest BCUT2D eigenvalue weighted by atomic mass is 9.99. The number of esters is 2. The molecule has 1 heterocycles. The molecular formula is C59H100O11. The van der Waals surface area contributed by atoms with Gasteiger partial charge in [-0.2, -0.15) is 0 Å². The van der Waals surface area contributed by atoms with Gasteiger partial charge in [0, 0.05) is 12.8 Å². The van der Waals surface area contributed by atoms with Gasteiger partial charge in [-0.05, 0) is 83.5 Å². The van der Waals surface area contributed by atoms with Crippen LogP contribution in [0.15, 0.2) is 72.9 Å². The van der Waals surface area contributed by atoms with Crippen LogP contribution in [0.3, 0.4) is 0 Å². The molecule has 0 amide bonds. The molecule has 0 radical (unpaired) electrons. The molecule has 11 nitrogen and oxygen atoms in total. The number of carbonyl (C=O) groups is 3. The highest BCUT2D eigenvalue weighted by molar-refractivity contribution is 5.73. The third-order valence-corrected chi connectivity index (χ3v) is 12.5. The Hall–Kier alpha value is -3.35. The van der Waals surface area contributed by atoms with Crippen molar-refractivity contribution in [3.05, 3.63) is 72.9 Å². The van der Waals surface area contributed by atoms with E-state index in [0.29, 0.717) is 12.8 Å². The Morgan fingerprint density at radius 3 is 1.27 bits per heavy atom. The monoisotopic (exact) mass is 985 g/mol. The summed E-state index contributed by atoms with van der Waals surface area (Å²) in [6, 6.07) is 0. The third-order valence-electron chi connectivity index (χ3n) is 12.5. The number of carboxylic acid groups (broad SMARTS) is 1. The summed E-state index contributed by atoms with van der Waals surface area (Å²) >= 11 is 0. The molecular weight excluding hydrogens is 885 g/mol. The zero-order chi connectivity index (χ0) is 51.0. The van der Waals surface area contributed by atoms with Gasteiger partial charge in [0.25, 0.3) is 0 Å². The van der Waals surface area contributed by atoms with Gasteiger partial charge in [0.05, 0.1) is 6.61 Å². The summed E-state index contributed by atoms with van der Waals surface area (Å²) in [6.07, 6.45) is 53.7. The van der Waals surface area contributed by atoms with Crippen LogP contribution < -0.4 is 0 Å². The Balaban J connectivity index is 2.27. The van der Waals surface area contributed by atoms with Gasteiger partial charge in [-0.3, -0.25) is 9.59 Å². The van der Waals surface area contributed by atoms with Gasteiger partial charge in [-0.15, -0.1) is 0 Å². The molecule has 70 heavy (non-hydrogen) atoms. The second kappa shape index (κ2) is 47.9. The van der Waals surface area contributed by atoms with E-state index in [1.165, 1.54) is 116 Å². The molecule has 1 aliphatic rings.